The Labute approximate surface area is 102 Å². The highest BCUT2D eigenvalue weighted by Gasteiger charge is 2.51. The summed E-state index contributed by atoms with van der Waals surface area (Å²) in [6.45, 7) is 8.05. The lowest BCUT2D eigenvalue weighted by molar-refractivity contribution is -0.00969. The molecule has 0 saturated carbocycles. The van der Waals surface area contributed by atoms with Crippen molar-refractivity contribution < 1.29 is 14.6 Å². The molecule has 2 aliphatic heterocycles. The maximum absolute atomic E-state index is 11.1. The van der Waals surface area contributed by atoms with Crippen LogP contribution >= 0.6 is 0 Å². The molecule has 1 unspecified atom stereocenters. The number of amides is 1. The number of carbonyl (C=O) groups is 1. The van der Waals surface area contributed by atoms with Crippen molar-refractivity contribution in [1.29, 1.82) is 0 Å². The summed E-state index contributed by atoms with van der Waals surface area (Å²) in [5.41, 5.74) is -0.330. The fraction of sp³-hybridized carbons (Fsp3) is 0.917. The second kappa shape index (κ2) is 4.14. The summed E-state index contributed by atoms with van der Waals surface area (Å²) in [5.74, 6) is 0. The molecule has 0 aliphatic carbocycles. The third-order valence-corrected chi connectivity index (χ3v) is 3.51. The Kier molecular flexibility index (Phi) is 3.08. The van der Waals surface area contributed by atoms with Gasteiger partial charge in [0.15, 0.2) is 0 Å². The van der Waals surface area contributed by atoms with Gasteiger partial charge in [0.2, 0.25) is 0 Å². The fourth-order valence-electron chi connectivity index (χ4n) is 2.85. The Morgan fingerprint density at radius 1 is 1.53 bits per heavy atom. The van der Waals surface area contributed by atoms with Gasteiger partial charge in [-0.25, -0.2) is 4.79 Å². The van der Waals surface area contributed by atoms with Gasteiger partial charge in [0, 0.05) is 18.7 Å². The first kappa shape index (κ1) is 12.6. The van der Waals surface area contributed by atoms with Crippen molar-refractivity contribution in [2.45, 2.75) is 50.8 Å². The number of ether oxygens (including phenoxy) is 1. The fourth-order valence-corrected chi connectivity index (χ4v) is 2.85. The average Bonchev–Trinajstić information content (AvgIpc) is 2.74. The zero-order valence-electron chi connectivity index (χ0n) is 10.8. The first-order chi connectivity index (χ1) is 7.82. The molecular formula is C12H22N2O3. The summed E-state index contributed by atoms with van der Waals surface area (Å²) in [6.07, 6.45) is 1.12. The second-order valence-electron chi connectivity index (χ2n) is 6.13. The maximum Gasteiger partial charge on any atom is 0.407 e. The molecule has 1 amide bonds. The van der Waals surface area contributed by atoms with Crippen LogP contribution in [0.4, 0.5) is 4.79 Å². The van der Waals surface area contributed by atoms with E-state index in [0.717, 1.165) is 19.4 Å². The Morgan fingerprint density at radius 3 is 2.71 bits per heavy atom. The topological polar surface area (TPSA) is 61.8 Å². The van der Waals surface area contributed by atoms with Crippen LogP contribution in [0.25, 0.3) is 0 Å². The molecule has 0 aromatic heterocycles. The normalized spacial score (nSPS) is 33.6. The molecule has 0 bridgehead atoms. The van der Waals surface area contributed by atoms with E-state index in [-0.39, 0.29) is 17.2 Å². The van der Waals surface area contributed by atoms with Crippen molar-refractivity contribution in [1.82, 2.24) is 10.2 Å². The molecule has 0 aromatic rings. The van der Waals surface area contributed by atoms with Gasteiger partial charge in [-0.05, 0) is 33.6 Å². The molecule has 17 heavy (non-hydrogen) atoms. The van der Waals surface area contributed by atoms with Gasteiger partial charge in [0.1, 0.15) is 5.60 Å². The second-order valence-corrected chi connectivity index (χ2v) is 6.13. The Hall–Kier alpha value is -0.810. The van der Waals surface area contributed by atoms with Crippen molar-refractivity contribution in [3.05, 3.63) is 0 Å². The molecule has 2 N–H and O–H groups in total. The number of nitrogens with zero attached hydrogens (tertiary/aromatic N) is 1. The molecule has 2 aliphatic rings. The highest BCUT2D eigenvalue weighted by molar-refractivity contribution is 5.66. The predicted molar refractivity (Wildman–Crippen MR) is 64.2 cm³/mol. The van der Waals surface area contributed by atoms with E-state index in [2.05, 4.69) is 26.1 Å². The van der Waals surface area contributed by atoms with Crippen molar-refractivity contribution in [2.75, 3.05) is 19.7 Å². The van der Waals surface area contributed by atoms with Crippen LogP contribution in [0.5, 0.6) is 0 Å². The molecule has 2 rings (SSSR count). The molecular weight excluding hydrogens is 220 g/mol. The van der Waals surface area contributed by atoms with E-state index in [4.69, 9.17) is 9.84 Å². The number of nitrogens with one attached hydrogen (secondary N) is 1. The van der Waals surface area contributed by atoms with E-state index in [1.54, 1.807) is 0 Å². The van der Waals surface area contributed by atoms with E-state index < -0.39 is 6.09 Å². The van der Waals surface area contributed by atoms with Crippen molar-refractivity contribution in [3.63, 3.8) is 0 Å². The van der Waals surface area contributed by atoms with Crippen molar-refractivity contribution >= 4 is 6.09 Å². The minimum absolute atomic E-state index is 0.0296. The lowest BCUT2D eigenvalue weighted by Gasteiger charge is -2.34. The summed E-state index contributed by atoms with van der Waals surface area (Å²) in [7, 11) is 0. The quantitative estimate of drug-likeness (QED) is 0.727. The molecule has 0 aromatic carbocycles. The van der Waals surface area contributed by atoms with Crippen LogP contribution in [0.1, 0.15) is 33.6 Å². The first-order valence-electron chi connectivity index (χ1n) is 6.22. The molecule has 0 radical (unpaired) electrons. The molecule has 2 heterocycles. The van der Waals surface area contributed by atoms with Gasteiger partial charge in [-0.2, -0.15) is 0 Å². The van der Waals surface area contributed by atoms with Crippen molar-refractivity contribution in [2.24, 2.45) is 0 Å². The summed E-state index contributed by atoms with van der Waals surface area (Å²) in [6, 6.07) is 0.0982. The predicted octanol–water partition coefficient (Wildman–Crippen LogP) is 1.29. The molecule has 1 spiro atoms. The van der Waals surface area contributed by atoms with E-state index >= 15 is 0 Å². The Balaban J connectivity index is 2.14. The largest absolute Gasteiger partial charge is 0.465 e. The Morgan fingerprint density at radius 2 is 2.24 bits per heavy atom. The average molecular weight is 242 g/mol. The van der Waals surface area contributed by atoms with E-state index in [9.17, 15) is 4.79 Å². The number of hydrogen-bond donors (Lipinski definition) is 2. The van der Waals surface area contributed by atoms with Gasteiger partial charge in [-0.1, -0.05) is 0 Å². The zero-order chi connectivity index (χ0) is 12.7. The van der Waals surface area contributed by atoms with Crippen molar-refractivity contribution in [3.8, 4) is 0 Å². The zero-order valence-corrected chi connectivity index (χ0v) is 10.8. The smallest absolute Gasteiger partial charge is 0.407 e. The molecule has 2 atom stereocenters. The van der Waals surface area contributed by atoms with Gasteiger partial charge in [0.25, 0.3) is 0 Å². The SMILES string of the molecule is CC(C)(C)N[C@H]1CN(C(=O)O)CC12CCCO2. The minimum Gasteiger partial charge on any atom is -0.465 e. The van der Waals surface area contributed by atoms with Crippen LogP contribution in [0.2, 0.25) is 0 Å². The molecule has 2 fully saturated rings. The minimum atomic E-state index is -0.849. The van der Waals surface area contributed by atoms with Crippen LogP contribution in [-0.2, 0) is 4.74 Å². The molecule has 2 saturated heterocycles. The number of likely N-dealkylation sites (tertiary alicyclic amines) is 1. The van der Waals surface area contributed by atoms with Gasteiger partial charge in [-0.3, -0.25) is 0 Å². The van der Waals surface area contributed by atoms with Gasteiger partial charge in [-0.15, -0.1) is 0 Å². The molecule has 98 valence electrons. The van der Waals surface area contributed by atoms with Gasteiger partial charge < -0.3 is 20.1 Å². The van der Waals surface area contributed by atoms with Crippen LogP contribution < -0.4 is 5.32 Å². The van der Waals surface area contributed by atoms with E-state index in [1.165, 1.54) is 4.90 Å². The number of hydrogen-bond acceptors (Lipinski definition) is 3. The third-order valence-electron chi connectivity index (χ3n) is 3.51. The summed E-state index contributed by atoms with van der Waals surface area (Å²) >= 11 is 0. The first-order valence-corrected chi connectivity index (χ1v) is 6.22. The van der Waals surface area contributed by atoms with E-state index in [1.807, 2.05) is 0 Å². The highest BCUT2D eigenvalue weighted by Crippen LogP contribution is 2.36. The highest BCUT2D eigenvalue weighted by atomic mass is 16.5. The van der Waals surface area contributed by atoms with E-state index in [0.29, 0.717) is 13.1 Å². The lowest BCUT2D eigenvalue weighted by atomic mass is 9.92. The Bertz CT molecular complexity index is 305. The monoisotopic (exact) mass is 242 g/mol. The lowest BCUT2D eigenvalue weighted by Crippen LogP contribution is -2.55. The number of rotatable bonds is 1. The van der Waals surface area contributed by atoms with Crippen LogP contribution in [-0.4, -0.2) is 53.0 Å². The molecule has 5 nitrogen and oxygen atoms in total. The standard InChI is InChI=1S/C12H22N2O3/c1-11(2,3)13-9-7-14(10(15)16)8-12(9)5-4-6-17-12/h9,13H,4-8H2,1-3H3,(H,15,16)/t9-,12?/m0/s1. The summed E-state index contributed by atoms with van der Waals surface area (Å²) in [4.78, 5) is 12.6. The number of carboxylic acid groups (broad SMARTS) is 1. The third kappa shape index (κ3) is 2.55. The molecule has 5 heteroatoms. The van der Waals surface area contributed by atoms with Crippen LogP contribution in [0.15, 0.2) is 0 Å². The van der Waals surface area contributed by atoms with Gasteiger partial charge >= 0.3 is 6.09 Å². The van der Waals surface area contributed by atoms with Gasteiger partial charge in [0.05, 0.1) is 12.6 Å². The summed E-state index contributed by atoms with van der Waals surface area (Å²) in [5, 5.41) is 12.6. The maximum atomic E-state index is 11.1. The van der Waals surface area contributed by atoms with Crippen LogP contribution in [0, 0.1) is 0 Å². The van der Waals surface area contributed by atoms with Crippen LogP contribution in [0.3, 0.4) is 0 Å². The summed E-state index contributed by atoms with van der Waals surface area (Å²) < 4.78 is 5.87.